The Hall–Kier alpha value is -3.58. The van der Waals surface area contributed by atoms with Gasteiger partial charge in [0.25, 0.3) is 5.91 Å². The first-order chi connectivity index (χ1) is 14.0. The van der Waals surface area contributed by atoms with E-state index in [0.717, 1.165) is 16.7 Å². The van der Waals surface area contributed by atoms with Crippen molar-refractivity contribution in [3.8, 4) is 11.5 Å². The number of fused-ring (bicyclic) bond motifs is 1. The van der Waals surface area contributed by atoms with E-state index >= 15 is 0 Å². The van der Waals surface area contributed by atoms with E-state index in [1.807, 2.05) is 62.4 Å². The number of carbonyl (C=O) groups is 1. The third kappa shape index (κ3) is 4.30. The molecule has 0 spiro atoms. The lowest BCUT2D eigenvalue weighted by atomic mass is 10.1. The number of carbonyl (C=O) groups excluding carboxylic acids is 1. The molecule has 4 rings (SSSR count). The second kappa shape index (κ2) is 7.81. The highest BCUT2D eigenvalue weighted by Gasteiger charge is 2.11. The second-order valence-electron chi connectivity index (χ2n) is 6.72. The van der Waals surface area contributed by atoms with E-state index in [0.29, 0.717) is 28.2 Å². The topological polar surface area (TPSA) is 80.0 Å². The molecule has 0 aliphatic rings. The first kappa shape index (κ1) is 18.8. The van der Waals surface area contributed by atoms with Crippen LogP contribution in [0.4, 0.5) is 5.69 Å². The molecule has 144 valence electrons. The predicted molar refractivity (Wildman–Crippen MR) is 117 cm³/mol. The normalized spacial score (nSPS) is 10.7. The Morgan fingerprint density at radius 1 is 1.00 bits per heavy atom. The minimum absolute atomic E-state index is 0.214. The van der Waals surface area contributed by atoms with Gasteiger partial charge in [-0.05, 0) is 68.5 Å². The van der Waals surface area contributed by atoms with Crippen molar-refractivity contribution in [2.24, 2.45) is 0 Å². The maximum absolute atomic E-state index is 12.5. The van der Waals surface area contributed by atoms with Crippen molar-refractivity contribution in [3.63, 3.8) is 0 Å². The lowest BCUT2D eigenvalue weighted by molar-refractivity contribution is 0.0977. The van der Waals surface area contributed by atoms with Gasteiger partial charge in [0.2, 0.25) is 5.89 Å². The van der Waals surface area contributed by atoms with E-state index in [1.165, 1.54) is 0 Å². The van der Waals surface area contributed by atoms with Gasteiger partial charge in [0.1, 0.15) is 5.52 Å². The molecule has 2 aromatic heterocycles. The number of amides is 1. The summed E-state index contributed by atoms with van der Waals surface area (Å²) in [5.41, 5.74) is 5.52. The van der Waals surface area contributed by atoms with Crippen LogP contribution in [-0.4, -0.2) is 21.0 Å². The Morgan fingerprint density at radius 2 is 1.72 bits per heavy atom. The molecule has 4 aromatic rings. The van der Waals surface area contributed by atoms with Gasteiger partial charge in [-0.3, -0.25) is 15.1 Å². The molecule has 0 fully saturated rings. The summed E-state index contributed by atoms with van der Waals surface area (Å²) in [6.07, 6.45) is 3.38. The smallest absolute Gasteiger partial charge is 0.257 e. The van der Waals surface area contributed by atoms with Gasteiger partial charge in [-0.25, -0.2) is 4.98 Å². The lowest BCUT2D eigenvalue weighted by Crippen LogP contribution is -2.34. The molecule has 0 aliphatic carbocycles. The molecule has 2 N–H and O–H groups in total. The van der Waals surface area contributed by atoms with Gasteiger partial charge in [0.05, 0.1) is 0 Å². The van der Waals surface area contributed by atoms with Crippen molar-refractivity contribution >= 4 is 40.0 Å². The Labute approximate surface area is 173 Å². The van der Waals surface area contributed by atoms with Crippen LogP contribution in [0.25, 0.3) is 22.6 Å². The van der Waals surface area contributed by atoms with Crippen LogP contribution < -0.4 is 10.6 Å². The SMILES string of the molecule is Cc1cc(C)cc(C(=O)NC(=S)Nc2ccc3oc(-c4ccncc4)nc3c2)c1. The minimum Gasteiger partial charge on any atom is -0.436 e. The number of nitrogens with zero attached hydrogens (tertiary/aromatic N) is 2. The molecule has 29 heavy (non-hydrogen) atoms. The molecule has 0 aliphatic heterocycles. The summed E-state index contributed by atoms with van der Waals surface area (Å²) >= 11 is 5.29. The van der Waals surface area contributed by atoms with Gasteiger partial charge < -0.3 is 9.73 Å². The monoisotopic (exact) mass is 402 g/mol. The van der Waals surface area contributed by atoms with Crippen molar-refractivity contribution in [3.05, 3.63) is 77.6 Å². The number of aryl methyl sites for hydroxylation is 2. The van der Waals surface area contributed by atoms with Gasteiger partial charge in [-0.1, -0.05) is 17.2 Å². The number of benzene rings is 2. The van der Waals surface area contributed by atoms with E-state index in [-0.39, 0.29) is 11.0 Å². The van der Waals surface area contributed by atoms with E-state index in [9.17, 15) is 4.79 Å². The van der Waals surface area contributed by atoms with Crippen LogP contribution in [0.5, 0.6) is 0 Å². The fourth-order valence-electron chi connectivity index (χ4n) is 3.07. The molecule has 6 nitrogen and oxygen atoms in total. The van der Waals surface area contributed by atoms with Gasteiger partial charge in [-0.2, -0.15) is 0 Å². The van der Waals surface area contributed by atoms with Crippen LogP contribution in [0.2, 0.25) is 0 Å². The maximum atomic E-state index is 12.5. The quantitative estimate of drug-likeness (QED) is 0.486. The number of hydrogen-bond donors (Lipinski definition) is 2. The molecule has 2 heterocycles. The van der Waals surface area contributed by atoms with Crippen LogP contribution in [0, 0.1) is 13.8 Å². The number of oxazole rings is 1. The zero-order chi connectivity index (χ0) is 20.4. The molecule has 0 saturated carbocycles. The van der Waals surface area contributed by atoms with Crippen molar-refractivity contribution in [1.82, 2.24) is 15.3 Å². The molecule has 0 atom stereocenters. The Bertz CT molecular complexity index is 1200. The van der Waals surface area contributed by atoms with Crippen molar-refractivity contribution in [2.75, 3.05) is 5.32 Å². The largest absolute Gasteiger partial charge is 0.436 e. The van der Waals surface area contributed by atoms with Crippen LogP contribution in [-0.2, 0) is 0 Å². The van der Waals surface area contributed by atoms with Gasteiger partial charge in [0.15, 0.2) is 10.7 Å². The number of nitrogens with one attached hydrogen (secondary N) is 2. The van der Waals surface area contributed by atoms with E-state index in [2.05, 4.69) is 20.6 Å². The molecule has 0 bridgehead atoms. The Morgan fingerprint density at radius 3 is 2.45 bits per heavy atom. The summed E-state index contributed by atoms with van der Waals surface area (Å²) in [4.78, 5) is 21.0. The highest BCUT2D eigenvalue weighted by atomic mass is 32.1. The van der Waals surface area contributed by atoms with Crippen LogP contribution in [0.15, 0.2) is 65.3 Å². The van der Waals surface area contributed by atoms with Crippen LogP contribution >= 0.6 is 12.2 Å². The minimum atomic E-state index is -0.253. The number of thiocarbonyl (C=S) groups is 1. The number of rotatable bonds is 3. The first-order valence-corrected chi connectivity index (χ1v) is 9.40. The molecular formula is C22H18N4O2S. The Kier molecular flexibility index (Phi) is 5.05. The molecular weight excluding hydrogens is 384 g/mol. The molecule has 2 aromatic carbocycles. The van der Waals surface area contributed by atoms with E-state index < -0.39 is 0 Å². The summed E-state index contributed by atoms with van der Waals surface area (Å²) in [6, 6.07) is 14.8. The summed E-state index contributed by atoms with van der Waals surface area (Å²) in [5, 5.41) is 5.94. The van der Waals surface area contributed by atoms with E-state index in [4.69, 9.17) is 16.6 Å². The standard InChI is InChI=1S/C22H18N4O2S/c1-13-9-14(2)11-16(10-13)20(27)26-22(29)24-17-3-4-19-18(12-17)25-21(28-19)15-5-7-23-8-6-15/h3-12H,1-2H3,(H2,24,26,27,29). The van der Waals surface area contributed by atoms with Crippen LogP contribution in [0.1, 0.15) is 21.5 Å². The zero-order valence-electron chi connectivity index (χ0n) is 15.9. The molecule has 0 radical (unpaired) electrons. The molecule has 7 heteroatoms. The number of hydrogen-bond acceptors (Lipinski definition) is 5. The second-order valence-corrected chi connectivity index (χ2v) is 7.13. The van der Waals surface area contributed by atoms with Crippen LogP contribution in [0.3, 0.4) is 0 Å². The zero-order valence-corrected chi connectivity index (χ0v) is 16.7. The predicted octanol–water partition coefficient (Wildman–Crippen LogP) is 4.63. The van der Waals surface area contributed by atoms with Crippen molar-refractivity contribution < 1.29 is 9.21 Å². The number of aromatic nitrogens is 2. The maximum Gasteiger partial charge on any atom is 0.257 e. The third-order valence-corrected chi connectivity index (χ3v) is 4.49. The number of anilines is 1. The molecule has 0 unspecified atom stereocenters. The lowest BCUT2D eigenvalue weighted by Gasteiger charge is -2.10. The van der Waals surface area contributed by atoms with Crippen molar-refractivity contribution in [2.45, 2.75) is 13.8 Å². The Balaban J connectivity index is 1.48. The van der Waals surface area contributed by atoms with Gasteiger partial charge in [0, 0.05) is 29.2 Å². The first-order valence-electron chi connectivity index (χ1n) is 8.99. The molecule has 0 saturated heterocycles. The van der Waals surface area contributed by atoms with Gasteiger partial charge in [-0.15, -0.1) is 0 Å². The van der Waals surface area contributed by atoms with Crippen molar-refractivity contribution in [1.29, 1.82) is 0 Å². The highest BCUT2D eigenvalue weighted by molar-refractivity contribution is 7.80. The van der Waals surface area contributed by atoms with Gasteiger partial charge >= 0.3 is 0 Å². The summed E-state index contributed by atoms with van der Waals surface area (Å²) in [6.45, 7) is 3.90. The van der Waals surface area contributed by atoms with E-state index in [1.54, 1.807) is 12.4 Å². The third-order valence-electron chi connectivity index (χ3n) is 4.28. The number of pyridine rings is 1. The summed E-state index contributed by atoms with van der Waals surface area (Å²) in [7, 11) is 0. The highest BCUT2D eigenvalue weighted by Crippen LogP contribution is 2.25. The fourth-order valence-corrected chi connectivity index (χ4v) is 3.28. The summed E-state index contributed by atoms with van der Waals surface area (Å²) < 4.78 is 5.79. The average molecular weight is 402 g/mol. The molecule has 1 amide bonds. The summed E-state index contributed by atoms with van der Waals surface area (Å²) in [5.74, 6) is 0.266. The average Bonchev–Trinajstić information content (AvgIpc) is 3.11. The fraction of sp³-hybridized carbons (Fsp3) is 0.0909.